The van der Waals surface area contributed by atoms with E-state index in [-0.39, 0.29) is 23.8 Å². The van der Waals surface area contributed by atoms with Crippen molar-refractivity contribution < 1.29 is 23.7 Å². The molecule has 4 aromatic heterocycles. The van der Waals surface area contributed by atoms with Gasteiger partial charge in [-0.3, -0.25) is 4.79 Å². The molecule has 58 heavy (non-hydrogen) atoms. The number of likely N-dealkylation sites (tertiary alicyclic amines) is 2. The molecular weight excluding hydrogens is 741 g/mol. The summed E-state index contributed by atoms with van der Waals surface area (Å²) in [4.78, 5) is 35.3. The second-order valence-electron chi connectivity index (χ2n) is 14.0. The van der Waals surface area contributed by atoms with Crippen molar-refractivity contribution in [3.63, 3.8) is 0 Å². The summed E-state index contributed by atoms with van der Waals surface area (Å²) < 4.78 is 25.3. The SMILES string of the molecule is COc1cc(C#Cc2nn([C@H]3CCN(CCC(=O)N4CC[C@H](n5nc(C#Cc6cc(OC)cc(OC)c6)c6c(N)ncnc65)C4)C3)c3ncnc(N)c23)cc(OC)c1. The van der Waals surface area contributed by atoms with Gasteiger partial charge in [0.1, 0.15) is 58.7 Å². The van der Waals surface area contributed by atoms with Crippen LogP contribution in [0.1, 0.15) is 53.9 Å². The van der Waals surface area contributed by atoms with Gasteiger partial charge in [-0.05, 0) is 48.9 Å². The Balaban J connectivity index is 0.931. The van der Waals surface area contributed by atoms with E-state index in [9.17, 15) is 4.79 Å². The van der Waals surface area contributed by atoms with Crippen molar-refractivity contribution in [3.05, 3.63) is 71.6 Å². The van der Waals surface area contributed by atoms with E-state index in [1.165, 1.54) is 12.7 Å². The fourth-order valence-corrected chi connectivity index (χ4v) is 7.49. The lowest BCUT2D eigenvalue weighted by molar-refractivity contribution is -0.130. The normalized spacial score (nSPS) is 16.5. The molecule has 0 unspecified atom stereocenters. The van der Waals surface area contributed by atoms with E-state index in [0.717, 1.165) is 13.0 Å². The standard InChI is InChI=1S/C41H42N12O5/c1-55-29-15-25(16-30(19-29)56-2)5-7-33-36-38(42)44-23-46-40(36)52(48-33)27-9-12-50(21-27)13-11-35(54)51-14-10-28(22-51)53-41-37(39(43)45-24-47-41)34(49-53)8-6-26-17-31(57-3)20-32(18-26)58-4/h15-20,23-24,27-28H,9-14,21-22H2,1-4H3,(H2,42,44,46)(H2,43,45,47)/t27-,28-/m0/s1. The first-order valence-electron chi connectivity index (χ1n) is 18.7. The number of benzene rings is 2. The van der Waals surface area contributed by atoms with Crippen LogP contribution in [0.3, 0.4) is 0 Å². The third kappa shape index (κ3) is 7.55. The molecule has 2 aliphatic rings. The van der Waals surface area contributed by atoms with Crippen LogP contribution in [0.2, 0.25) is 0 Å². The molecule has 0 saturated carbocycles. The molecule has 2 saturated heterocycles. The fourth-order valence-electron chi connectivity index (χ4n) is 7.49. The molecule has 17 nitrogen and oxygen atoms in total. The highest BCUT2D eigenvalue weighted by molar-refractivity contribution is 5.91. The first-order chi connectivity index (χ1) is 28.2. The maximum Gasteiger partial charge on any atom is 0.223 e. The number of hydrogen-bond donors (Lipinski definition) is 2. The van der Waals surface area contributed by atoms with Gasteiger partial charge in [-0.1, -0.05) is 11.8 Å². The smallest absolute Gasteiger partial charge is 0.223 e. The molecule has 4 N–H and O–H groups in total. The van der Waals surface area contributed by atoms with E-state index in [1.807, 2.05) is 38.5 Å². The molecule has 1 amide bonds. The number of anilines is 2. The zero-order valence-corrected chi connectivity index (χ0v) is 32.6. The number of nitrogens with zero attached hydrogens (tertiary/aromatic N) is 10. The monoisotopic (exact) mass is 782 g/mol. The molecule has 6 aromatic rings. The molecular formula is C41H42N12O5. The maximum absolute atomic E-state index is 13.6. The van der Waals surface area contributed by atoms with Gasteiger partial charge in [0, 0.05) is 62.4 Å². The van der Waals surface area contributed by atoms with Crippen LogP contribution in [0.25, 0.3) is 22.1 Å². The number of methoxy groups -OCH3 is 4. The number of carbonyl (C=O) groups excluding carboxylic acids is 1. The molecule has 0 bridgehead atoms. The Morgan fingerprint density at radius 3 is 1.60 bits per heavy atom. The van der Waals surface area contributed by atoms with Gasteiger partial charge in [0.2, 0.25) is 5.91 Å². The quantitative estimate of drug-likeness (QED) is 0.203. The summed E-state index contributed by atoms with van der Waals surface area (Å²) in [7, 11) is 6.36. The van der Waals surface area contributed by atoms with E-state index in [0.29, 0.717) is 112 Å². The number of carbonyl (C=O) groups is 1. The number of aromatic nitrogens is 8. The topological polar surface area (TPSA) is 200 Å². The predicted molar refractivity (Wildman–Crippen MR) is 215 cm³/mol. The van der Waals surface area contributed by atoms with Crippen LogP contribution in [0.4, 0.5) is 11.6 Å². The number of rotatable bonds is 9. The Morgan fingerprint density at radius 1 is 0.655 bits per heavy atom. The number of ether oxygens (including phenoxy) is 4. The van der Waals surface area contributed by atoms with E-state index in [4.69, 9.17) is 40.6 Å². The van der Waals surface area contributed by atoms with Crippen molar-refractivity contribution in [1.29, 1.82) is 0 Å². The van der Waals surface area contributed by atoms with Crippen molar-refractivity contribution in [1.82, 2.24) is 49.3 Å². The highest BCUT2D eigenvalue weighted by Gasteiger charge is 2.32. The second kappa shape index (κ2) is 16.2. The molecule has 0 aliphatic carbocycles. The molecule has 2 aliphatic heterocycles. The maximum atomic E-state index is 13.6. The van der Waals surface area contributed by atoms with E-state index in [1.54, 1.807) is 40.6 Å². The summed E-state index contributed by atoms with van der Waals surface area (Å²) in [6, 6.07) is 10.8. The minimum absolute atomic E-state index is 0.0151. The third-order valence-corrected chi connectivity index (χ3v) is 10.5. The first kappa shape index (κ1) is 37.8. The van der Waals surface area contributed by atoms with Crippen molar-refractivity contribution in [3.8, 4) is 46.7 Å². The van der Waals surface area contributed by atoms with Crippen molar-refractivity contribution in [2.24, 2.45) is 0 Å². The summed E-state index contributed by atoms with van der Waals surface area (Å²) in [5.41, 5.74) is 16.2. The van der Waals surface area contributed by atoms with Gasteiger partial charge < -0.3 is 40.2 Å². The van der Waals surface area contributed by atoms with Crippen LogP contribution in [0.15, 0.2) is 49.1 Å². The van der Waals surface area contributed by atoms with Gasteiger partial charge in [-0.25, -0.2) is 29.3 Å². The molecule has 6 heterocycles. The summed E-state index contributed by atoms with van der Waals surface area (Å²) in [6.07, 6.45) is 4.78. The molecule has 2 fully saturated rings. The fraction of sp³-hybridized carbons (Fsp3) is 0.341. The summed E-state index contributed by atoms with van der Waals surface area (Å²) in [5.74, 6) is 15.8. The summed E-state index contributed by atoms with van der Waals surface area (Å²) in [5, 5.41) is 10.9. The minimum atomic E-state index is -0.102. The zero-order valence-electron chi connectivity index (χ0n) is 32.6. The molecule has 17 heteroatoms. The van der Waals surface area contributed by atoms with Crippen molar-refractivity contribution in [2.75, 3.05) is 72.6 Å². The average molecular weight is 783 g/mol. The molecule has 8 rings (SSSR count). The van der Waals surface area contributed by atoms with Gasteiger partial charge in [0.25, 0.3) is 0 Å². The van der Waals surface area contributed by atoms with Crippen LogP contribution in [-0.2, 0) is 4.79 Å². The second-order valence-corrected chi connectivity index (χ2v) is 14.0. The van der Waals surface area contributed by atoms with Gasteiger partial charge in [-0.15, -0.1) is 0 Å². The van der Waals surface area contributed by atoms with Crippen LogP contribution in [0, 0.1) is 23.7 Å². The Kier molecular flexibility index (Phi) is 10.5. The van der Waals surface area contributed by atoms with E-state index >= 15 is 0 Å². The van der Waals surface area contributed by atoms with Gasteiger partial charge in [-0.2, -0.15) is 10.2 Å². The summed E-state index contributed by atoms with van der Waals surface area (Å²) >= 11 is 0. The van der Waals surface area contributed by atoms with Crippen LogP contribution in [-0.4, -0.2) is 116 Å². The average Bonchev–Trinajstić information content (AvgIpc) is 4.07. The van der Waals surface area contributed by atoms with Gasteiger partial charge in [0.15, 0.2) is 11.3 Å². The van der Waals surface area contributed by atoms with Crippen molar-refractivity contribution in [2.45, 2.75) is 31.3 Å². The number of nitrogen functional groups attached to an aromatic ring is 2. The Morgan fingerprint density at radius 2 is 1.12 bits per heavy atom. The van der Waals surface area contributed by atoms with Crippen LogP contribution >= 0.6 is 0 Å². The first-order valence-corrected chi connectivity index (χ1v) is 18.7. The Labute approximate surface area is 334 Å². The lowest BCUT2D eigenvalue weighted by Crippen LogP contribution is -2.33. The Hall–Kier alpha value is -7.11. The number of nitrogens with two attached hydrogens (primary N) is 2. The molecule has 2 aromatic carbocycles. The van der Waals surface area contributed by atoms with Gasteiger partial charge in [0.05, 0.1) is 51.3 Å². The van der Waals surface area contributed by atoms with Crippen LogP contribution < -0.4 is 30.4 Å². The number of hydrogen-bond acceptors (Lipinski definition) is 14. The predicted octanol–water partition coefficient (Wildman–Crippen LogP) is 3.07. The lowest BCUT2D eigenvalue weighted by Gasteiger charge is -2.20. The van der Waals surface area contributed by atoms with Gasteiger partial charge >= 0.3 is 0 Å². The highest BCUT2D eigenvalue weighted by Crippen LogP contribution is 2.31. The van der Waals surface area contributed by atoms with Crippen molar-refractivity contribution >= 4 is 39.6 Å². The molecule has 0 radical (unpaired) electrons. The lowest BCUT2D eigenvalue weighted by atomic mass is 10.2. The molecule has 2 atom stereocenters. The number of fused-ring (bicyclic) bond motifs is 2. The van der Waals surface area contributed by atoms with E-state index < -0.39 is 0 Å². The zero-order chi connectivity index (χ0) is 40.3. The molecule has 0 spiro atoms. The molecule has 296 valence electrons. The largest absolute Gasteiger partial charge is 0.497 e. The number of amides is 1. The summed E-state index contributed by atoms with van der Waals surface area (Å²) in [6.45, 7) is 3.21. The van der Waals surface area contributed by atoms with Crippen LogP contribution in [0.5, 0.6) is 23.0 Å². The third-order valence-electron chi connectivity index (χ3n) is 10.5. The van der Waals surface area contributed by atoms with E-state index in [2.05, 4.69) is 48.5 Å². The minimum Gasteiger partial charge on any atom is -0.497 e. The Bertz CT molecular complexity index is 2610. The highest BCUT2D eigenvalue weighted by atomic mass is 16.5.